The van der Waals surface area contributed by atoms with Gasteiger partial charge in [0.25, 0.3) is 0 Å². The van der Waals surface area contributed by atoms with Crippen molar-refractivity contribution < 1.29 is 9.53 Å². The maximum absolute atomic E-state index is 10.9. The van der Waals surface area contributed by atoms with Gasteiger partial charge in [0, 0.05) is 18.2 Å². The molecule has 90 valence electrons. The van der Waals surface area contributed by atoms with E-state index in [0.717, 1.165) is 17.1 Å². The van der Waals surface area contributed by atoms with Crippen LogP contribution in [0.15, 0.2) is 42.5 Å². The van der Waals surface area contributed by atoms with Gasteiger partial charge in [-0.05, 0) is 11.5 Å². The van der Waals surface area contributed by atoms with Crippen molar-refractivity contribution in [2.75, 3.05) is 0 Å². The van der Waals surface area contributed by atoms with E-state index >= 15 is 0 Å². The minimum atomic E-state index is -0.560. The number of hydrogen-bond acceptors (Lipinski definition) is 3. The molecular weight excluding hydrogens is 226 g/mol. The number of aldehydes is 1. The van der Waals surface area contributed by atoms with E-state index in [9.17, 15) is 4.79 Å². The Bertz CT molecular complexity index is 581. The second kappa shape index (κ2) is 5.83. The Morgan fingerprint density at radius 1 is 1.22 bits per heavy atom. The Balaban J connectivity index is 2.25. The van der Waals surface area contributed by atoms with Crippen LogP contribution < -0.4 is 4.74 Å². The summed E-state index contributed by atoms with van der Waals surface area (Å²) < 4.78 is 5.66. The number of hydrogen-bond donors (Lipinski definition) is 0. The van der Waals surface area contributed by atoms with Crippen LogP contribution in [0.3, 0.4) is 0 Å². The number of fused-ring (bicyclic) bond motifs is 1. The van der Waals surface area contributed by atoms with Crippen molar-refractivity contribution in [3.63, 3.8) is 0 Å². The summed E-state index contributed by atoms with van der Waals surface area (Å²) in [6.45, 7) is 0. The number of nitriles is 1. The number of nitrogens with zero attached hydrogens (tertiary/aromatic N) is 1. The molecule has 0 aliphatic heterocycles. The molecule has 3 nitrogen and oxygen atoms in total. The van der Waals surface area contributed by atoms with Gasteiger partial charge in [0.15, 0.2) is 12.4 Å². The molecule has 0 aliphatic carbocycles. The van der Waals surface area contributed by atoms with Crippen molar-refractivity contribution in [1.82, 2.24) is 0 Å². The lowest BCUT2D eigenvalue weighted by Gasteiger charge is -2.14. The quantitative estimate of drug-likeness (QED) is 0.753. The van der Waals surface area contributed by atoms with E-state index in [1.54, 1.807) is 0 Å². The molecule has 0 fully saturated rings. The van der Waals surface area contributed by atoms with Gasteiger partial charge in [-0.2, -0.15) is 5.26 Å². The second-order valence-electron chi connectivity index (χ2n) is 3.97. The first-order valence-corrected chi connectivity index (χ1v) is 5.82. The number of ether oxygens (including phenoxy) is 1. The number of benzene rings is 2. The summed E-state index contributed by atoms with van der Waals surface area (Å²) in [6.07, 6.45) is 0.923. The van der Waals surface area contributed by atoms with Crippen molar-refractivity contribution in [3.8, 4) is 11.8 Å². The van der Waals surface area contributed by atoms with Gasteiger partial charge in [0.05, 0.1) is 6.07 Å². The van der Waals surface area contributed by atoms with Crippen molar-refractivity contribution >= 4 is 17.1 Å². The minimum absolute atomic E-state index is 0.314. The third-order valence-corrected chi connectivity index (χ3v) is 2.72. The standard InChI is InChI=1S/C15H13NO2/c16-10-4-7-13(11-17)18-15-9-3-6-12-5-1-2-8-14(12)15/h1-3,5-6,8-9,11,13H,4,7H2. The van der Waals surface area contributed by atoms with Crippen LogP contribution in [0, 0.1) is 11.3 Å². The van der Waals surface area contributed by atoms with Gasteiger partial charge in [0.2, 0.25) is 0 Å². The lowest BCUT2D eigenvalue weighted by atomic mass is 10.1. The van der Waals surface area contributed by atoms with Crippen molar-refractivity contribution in [2.24, 2.45) is 0 Å². The fourth-order valence-electron chi connectivity index (χ4n) is 1.82. The molecule has 0 radical (unpaired) electrons. The molecule has 0 amide bonds. The third-order valence-electron chi connectivity index (χ3n) is 2.72. The van der Waals surface area contributed by atoms with E-state index in [4.69, 9.17) is 10.00 Å². The number of rotatable bonds is 5. The zero-order valence-electron chi connectivity index (χ0n) is 9.87. The van der Waals surface area contributed by atoms with Crippen LogP contribution in [0.25, 0.3) is 10.8 Å². The molecule has 0 saturated heterocycles. The zero-order chi connectivity index (χ0) is 12.8. The Kier molecular flexibility index (Phi) is 3.93. The molecule has 0 aliphatic rings. The molecule has 0 aromatic heterocycles. The molecule has 2 aromatic rings. The predicted molar refractivity (Wildman–Crippen MR) is 69.3 cm³/mol. The normalized spacial score (nSPS) is 11.7. The maximum atomic E-state index is 10.9. The summed E-state index contributed by atoms with van der Waals surface area (Å²) in [5.74, 6) is 0.683. The SMILES string of the molecule is N#CCCC(C=O)Oc1cccc2ccccc12. The molecule has 0 heterocycles. The summed E-state index contributed by atoms with van der Waals surface area (Å²) in [6, 6.07) is 15.6. The highest BCUT2D eigenvalue weighted by Gasteiger charge is 2.10. The lowest BCUT2D eigenvalue weighted by molar-refractivity contribution is -0.113. The van der Waals surface area contributed by atoms with E-state index in [0.29, 0.717) is 18.6 Å². The fraction of sp³-hybridized carbons (Fsp3) is 0.200. The Hall–Kier alpha value is -2.34. The summed E-state index contributed by atoms with van der Waals surface area (Å²) in [5, 5.41) is 10.6. The van der Waals surface area contributed by atoms with Crippen LogP contribution in [0.5, 0.6) is 5.75 Å². The van der Waals surface area contributed by atoms with Gasteiger partial charge in [-0.3, -0.25) is 4.79 Å². The van der Waals surface area contributed by atoms with Crippen molar-refractivity contribution in [2.45, 2.75) is 18.9 Å². The molecule has 3 heteroatoms. The van der Waals surface area contributed by atoms with Crippen molar-refractivity contribution in [1.29, 1.82) is 5.26 Å². The molecule has 2 rings (SSSR count). The van der Waals surface area contributed by atoms with Gasteiger partial charge >= 0.3 is 0 Å². The predicted octanol–water partition coefficient (Wildman–Crippen LogP) is 3.09. The number of carbonyl (C=O) groups excluding carboxylic acids is 1. The number of carbonyl (C=O) groups is 1. The van der Waals surface area contributed by atoms with Gasteiger partial charge < -0.3 is 4.74 Å². The smallest absolute Gasteiger partial charge is 0.160 e. The van der Waals surface area contributed by atoms with Gasteiger partial charge in [-0.1, -0.05) is 36.4 Å². The molecule has 1 unspecified atom stereocenters. The first-order chi connectivity index (χ1) is 8.85. The summed E-state index contributed by atoms with van der Waals surface area (Å²) in [4.78, 5) is 10.9. The van der Waals surface area contributed by atoms with Crippen LogP contribution in [-0.2, 0) is 4.79 Å². The molecule has 2 aromatic carbocycles. The van der Waals surface area contributed by atoms with E-state index in [-0.39, 0.29) is 0 Å². The van der Waals surface area contributed by atoms with Crippen LogP contribution >= 0.6 is 0 Å². The van der Waals surface area contributed by atoms with Crippen LogP contribution in [0.1, 0.15) is 12.8 Å². The van der Waals surface area contributed by atoms with E-state index < -0.39 is 6.10 Å². The fourth-order valence-corrected chi connectivity index (χ4v) is 1.82. The summed E-state index contributed by atoms with van der Waals surface area (Å²) >= 11 is 0. The van der Waals surface area contributed by atoms with Crippen LogP contribution in [-0.4, -0.2) is 12.4 Å². The highest BCUT2D eigenvalue weighted by molar-refractivity contribution is 5.88. The minimum Gasteiger partial charge on any atom is -0.482 e. The third kappa shape index (κ3) is 2.67. The van der Waals surface area contributed by atoms with Crippen LogP contribution in [0.2, 0.25) is 0 Å². The van der Waals surface area contributed by atoms with Crippen LogP contribution in [0.4, 0.5) is 0 Å². The van der Waals surface area contributed by atoms with Gasteiger partial charge in [0.1, 0.15) is 5.75 Å². The maximum Gasteiger partial charge on any atom is 0.160 e. The molecule has 0 bridgehead atoms. The van der Waals surface area contributed by atoms with E-state index in [1.165, 1.54) is 0 Å². The highest BCUT2D eigenvalue weighted by atomic mass is 16.5. The molecule has 0 spiro atoms. The monoisotopic (exact) mass is 239 g/mol. The van der Waals surface area contributed by atoms with Crippen molar-refractivity contribution in [3.05, 3.63) is 42.5 Å². The first-order valence-electron chi connectivity index (χ1n) is 5.82. The molecule has 18 heavy (non-hydrogen) atoms. The van der Waals surface area contributed by atoms with Gasteiger partial charge in [-0.15, -0.1) is 0 Å². The highest BCUT2D eigenvalue weighted by Crippen LogP contribution is 2.26. The lowest BCUT2D eigenvalue weighted by Crippen LogP contribution is -2.17. The Labute approximate surface area is 106 Å². The second-order valence-corrected chi connectivity index (χ2v) is 3.97. The first kappa shape index (κ1) is 12.1. The largest absolute Gasteiger partial charge is 0.482 e. The van der Waals surface area contributed by atoms with Gasteiger partial charge in [-0.25, -0.2) is 0 Å². The summed E-state index contributed by atoms with van der Waals surface area (Å²) in [7, 11) is 0. The Morgan fingerprint density at radius 3 is 2.78 bits per heavy atom. The van der Waals surface area contributed by atoms with E-state index in [2.05, 4.69) is 0 Å². The summed E-state index contributed by atoms with van der Waals surface area (Å²) in [5.41, 5.74) is 0. The molecular formula is C15H13NO2. The zero-order valence-corrected chi connectivity index (χ0v) is 9.87. The molecule has 0 saturated carbocycles. The topological polar surface area (TPSA) is 50.1 Å². The van der Waals surface area contributed by atoms with E-state index in [1.807, 2.05) is 48.5 Å². The average Bonchev–Trinajstić information content (AvgIpc) is 2.43. The Morgan fingerprint density at radius 2 is 2.00 bits per heavy atom. The molecule has 1 atom stereocenters. The molecule has 0 N–H and O–H groups in total. The average molecular weight is 239 g/mol.